The van der Waals surface area contributed by atoms with Crippen molar-refractivity contribution >= 4 is 23.3 Å². The van der Waals surface area contributed by atoms with Crippen LogP contribution in [-0.4, -0.2) is 33.4 Å². The summed E-state index contributed by atoms with van der Waals surface area (Å²) < 4.78 is 4.92. The lowest BCUT2D eigenvalue weighted by molar-refractivity contribution is 0.181. The minimum atomic E-state index is -0.438. The molecule has 19 heavy (non-hydrogen) atoms. The van der Waals surface area contributed by atoms with Crippen molar-refractivity contribution < 1.29 is 5.11 Å². The van der Waals surface area contributed by atoms with Gasteiger partial charge in [-0.3, -0.25) is 0 Å². The average Bonchev–Trinajstić information content (AvgIpc) is 2.98. The quantitative estimate of drug-likeness (QED) is 0.766. The van der Waals surface area contributed by atoms with E-state index < -0.39 is 5.54 Å². The van der Waals surface area contributed by atoms with Gasteiger partial charge in [-0.25, -0.2) is 4.98 Å². The molecule has 6 heteroatoms. The fourth-order valence-corrected chi connectivity index (χ4v) is 3.58. The third-order valence-corrected chi connectivity index (χ3v) is 4.92. The predicted octanol–water partition coefficient (Wildman–Crippen LogP) is 2.13. The largest absolute Gasteiger partial charge is 0.394 e. The van der Waals surface area contributed by atoms with Gasteiger partial charge in [0.25, 0.3) is 0 Å². The Hall–Kier alpha value is -0.950. The maximum atomic E-state index is 9.88. The number of rotatable bonds is 7. The highest BCUT2D eigenvalue weighted by atomic mass is 32.2. The first-order valence-corrected chi connectivity index (χ1v) is 7.87. The smallest absolute Gasteiger partial charge is 0.169 e. The van der Waals surface area contributed by atoms with Crippen LogP contribution in [0.5, 0.6) is 0 Å². The molecule has 0 aliphatic heterocycles. The molecular weight excluding hydrogens is 278 g/mol. The minimum absolute atomic E-state index is 0.0522. The first kappa shape index (κ1) is 14.5. The number of benzene rings is 1. The van der Waals surface area contributed by atoms with Crippen LogP contribution in [0.1, 0.15) is 12.5 Å². The third kappa shape index (κ3) is 3.54. The van der Waals surface area contributed by atoms with E-state index in [1.807, 2.05) is 37.3 Å². The highest BCUT2D eigenvalue weighted by molar-refractivity contribution is 8.01. The molecule has 2 N–H and O–H groups in total. The number of nitrogens with zero attached hydrogens (tertiary/aromatic N) is 2. The lowest BCUT2D eigenvalue weighted by Crippen LogP contribution is -2.47. The van der Waals surface area contributed by atoms with Crippen molar-refractivity contribution in [2.45, 2.75) is 16.8 Å². The molecule has 0 saturated heterocycles. The van der Waals surface area contributed by atoms with Gasteiger partial charge in [0.05, 0.1) is 12.1 Å². The zero-order valence-electron chi connectivity index (χ0n) is 10.7. The van der Waals surface area contributed by atoms with Gasteiger partial charge >= 0.3 is 0 Å². The lowest BCUT2D eigenvalue weighted by Gasteiger charge is -2.32. The molecule has 1 aromatic heterocycles. The minimum Gasteiger partial charge on any atom is -0.394 e. The topological polar surface area (TPSA) is 58.0 Å². The number of thioether (sulfide) groups is 1. The molecule has 0 bridgehead atoms. The fourth-order valence-electron chi connectivity index (χ4n) is 1.94. The summed E-state index contributed by atoms with van der Waals surface area (Å²) in [5, 5.41) is 13.3. The number of aromatic nitrogens is 2. The molecule has 1 atom stereocenters. The van der Waals surface area contributed by atoms with Gasteiger partial charge in [-0.2, -0.15) is 4.37 Å². The molecule has 0 aliphatic carbocycles. The van der Waals surface area contributed by atoms with Gasteiger partial charge in [0.1, 0.15) is 6.33 Å². The highest BCUT2D eigenvalue weighted by Crippen LogP contribution is 2.29. The first-order chi connectivity index (χ1) is 9.30. The van der Waals surface area contributed by atoms with Crippen molar-refractivity contribution in [1.29, 1.82) is 0 Å². The summed E-state index contributed by atoms with van der Waals surface area (Å²) in [6.07, 6.45) is 1.56. The van der Waals surface area contributed by atoms with Crippen molar-refractivity contribution in [2.75, 3.05) is 18.9 Å². The van der Waals surface area contributed by atoms with E-state index in [1.54, 1.807) is 18.1 Å². The molecule has 0 radical (unpaired) electrons. The van der Waals surface area contributed by atoms with Gasteiger partial charge in [-0.1, -0.05) is 49.0 Å². The second-order valence-electron chi connectivity index (χ2n) is 4.13. The van der Waals surface area contributed by atoms with Crippen LogP contribution in [0.25, 0.3) is 0 Å². The maximum Gasteiger partial charge on any atom is 0.169 e. The van der Waals surface area contributed by atoms with E-state index in [-0.39, 0.29) is 6.61 Å². The molecule has 2 rings (SSSR count). The van der Waals surface area contributed by atoms with Crippen LogP contribution in [0.3, 0.4) is 0 Å². The molecule has 102 valence electrons. The van der Waals surface area contributed by atoms with E-state index in [0.29, 0.717) is 0 Å². The zero-order valence-corrected chi connectivity index (χ0v) is 12.4. The third-order valence-electron chi connectivity index (χ3n) is 2.89. The van der Waals surface area contributed by atoms with Crippen molar-refractivity contribution in [3.63, 3.8) is 0 Å². The number of nitrogens with one attached hydrogen (secondary N) is 1. The van der Waals surface area contributed by atoms with Crippen LogP contribution in [0.2, 0.25) is 0 Å². The van der Waals surface area contributed by atoms with Crippen LogP contribution in [0.4, 0.5) is 0 Å². The zero-order chi connectivity index (χ0) is 13.6. The van der Waals surface area contributed by atoms with E-state index in [0.717, 1.165) is 22.2 Å². The Labute approximate surface area is 121 Å². The molecular formula is C13H17N3OS2. The number of hydrogen-bond donors (Lipinski definition) is 2. The van der Waals surface area contributed by atoms with Crippen LogP contribution in [0, 0.1) is 0 Å². The van der Waals surface area contributed by atoms with E-state index >= 15 is 0 Å². The number of aliphatic hydroxyl groups is 1. The van der Waals surface area contributed by atoms with Crippen LogP contribution < -0.4 is 5.32 Å². The maximum absolute atomic E-state index is 9.88. The summed E-state index contributed by atoms with van der Waals surface area (Å²) in [5.41, 5.74) is 0.656. The molecule has 4 nitrogen and oxygen atoms in total. The Morgan fingerprint density at radius 1 is 1.37 bits per heavy atom. The van der Waals surface area contributed by atoms with Gasteiger partial charge in [0.15, 0.2) is 4.34 Å². The Kier molecular flexibility index (Phi) is 5.33. The van der Waals surface area contributed by atoms with Crippen LogP contribution >= 0.6 is 23.3 Å². The van der Waals surface area contributed by atoms with Crippen molar-refractivity contribution in [3.05, 3.63) is 42.2 Å². The molecule has 0 saturated carbocycles. The summed E-state index contributed by atoms with van der Waals surface area (Å²) in [4.78, 5) is 4.17. The van der Waals surface area contributed by atoms with Gasteiger partial charge in [0, 0.05) is 5.75 Å². The normalized spacial score (nSPS) is 14.2. The summed E-state index contributed by atoms with van der Waals surface area (Å²) in [7, 11) is 0. The standard InChI is InChI=1S/C13H17N3OS2/c1-2-15-13(8-17,11-6-4-3-5-7-11)9-18-12-14-10-16-19-12/h3-7,10,15,17H,2,8-9H2,1H3. The second kappa shape index (κ2) is 7.00. The van der Waals surface area contributed by atoms with Gasteiger partial charge in [-0.15, -0.1) is 0 Å². The average molecular weight is 295 g/mol. The monoisotopic (exact) mass is 295 g/mol. The predicted molar refractivity (Wildman–Crippen MR) is 79.5 cm³/mol. The van der Waals surface area contributed by atoms with E-state index in [4.69, 9.17) is 0 Å². The molecule has 1 unspecified atom stereocenters. The molecule has 2 aromatic rings. The van der Waals surface area contributed by atoms with Gasteiger partial charge in [-0.05, 0) is 23.6 Å². The Morgan fingerprint density at radius 2 is 2.16 bits per heavy atom. The summed E-state index contributed by atoms with van der Waals surface area (Å²) in [6, 6.07) is 10.0. The number of aliphatic hydroxyl groups excluding tert-OH is 1. The lowest BCUT2D eigenvalue weighted by atomic mass is 9.92. The van der Waals surface area contributed by atoms with Gasteiger partial charge < -0.3 is 10.4 Å². The summed E-state index contributed by atoms with van der Waals surface area (Å²) >= 11 is 3.00. The molecule has 0 amide bonds. The molecule has 1 heterocycles. The molecule has 0 spiro atoms. The molecule has 1 aromatic carbocycles. The van der Waals surface area contributed by atoms with E-state index in [2.05, 4.69) is 14.7 Å². The van der Waals surface area contributed by atoms with Crippen LogP contribution in [-0.2, 0) is 5.54 Å². The Bertz CT molecular complexity index is 478. The molecule has 0 aliphatic rings. The van der Waals surface area contributed by atoms with E-state index in [9.17, 15) is 5.11 Å². The summed E-state index contributed by atoms with van der Waals surface area (Å²) in [5.74, 6) is 0.719. The first-order valence-electron chi connectivity index (χ1n) is 6.11. The Balaban J connectivity index is 2.18. The molecule has 0 fully saturated rings. The van der Waals surface area contributed by atoms with E-state index in [1.165, 1.54) is 11.5 Å². The van der Waals surface area contributed by atoms with Crippen molar-refractivity contribution in [2.24, 2.45) is 0 Å². The Morgan fingerprint density at radius 3 is 2.74 bits per heavy atom. The van der Waals surface area contributed by atoms with Crippen molar-refractivity contribution in [1.82, 2.24) is 14.7 Å². The fraction of sp³-hybridized carbons (Fsp3) is 0.385. The van der Waals surface area contributed by atoms with Gasteiger partial charge in [0.2, 0.25) is 0 Å². The highest BCUT2D eigenvalue weighted by Gasteiger charge is 2.31. The van der Waals surface area contributed by atoms with Crippen LogP contribution in [0.15, 0.2) is 41.0 Å². The number of likely N-dealkylation sites (N-methyl/N-ethyl adjacent to an activating group) is 1. The van der Waals surface area contributed by atoms with Crippen molar-refractivity contribution in [3.8, 4) is 0 Å². The SMILES string of the molecule is CCNC(CO)(CSc1ncns1)c1ccccc1. The summed E-state index contributed by atoms with van der Waals surface area (Å²) in [6.45, 7) is 2.89. The number of hydrogen-bond acceptors (Lipinski definition) is 6. The second-order valence-corrected chi connectivity index (χ2v) is 6.13.